The van der Waals surface area contributed by atoms with Crippen molar-refractivity contribution in [1.29, 1.82) is 5.26 Å². The molecule has 0 radical (unpaired) electrons. The SMILES string of the molecule is Cc1cc(C(=O)Nc2ccccc2C)nc(Nc2cccc(C#N)c2)n1. The largest absolute Gasteiger partial charge is 0.324 e. The Morgan fingerprint density at radius 2 is 1.85 bits per heavy atom. The Balaban J connectivity index is 1.84. The van der Waals surface area contributed by atoms with E-state index in [2.05, 4.69) is 26.7 Å². The quantitative estimate of drug-likeness (QED) is 0.748. The number of hydrogen-bond acceptors (Lipinski definition) is 5. The first-order chi connectivity index (χ1) is 12.5. The summed E-state index contributed by atoms with van der Waals surface area (Å²) in [6, 6.07) is 18.2. The second-order valence-corrected chi connectivity index (χ2v) is 5.80. The van der Waals surface area contributed by atoms with E-state index < -0.39 is 0 Å². The smallest absolute Gasteiger partial charge is 0.274 e. The number of rotatable bonds is 4. The molecular weight excluding hydrogens is 326 g/mol. The van der Waals surface area contributed by atoms with Crippen molar-refractivity contribution in [2.45, 2.75) is 13.8 Å². The van der Waals surface area contributed by atoms with Crippen molar-refractivity contribution in [2.24, 2.45) is 0 Å². The van der Waals surface area contributed by atoms with Gasteiger partial charge in [-0.1, -0.05) is 24.3 Å². The monoisotopic (exact) mass is 343 g/mol. The van der Waals surface area contributed by atoms with E-state index in [1.165, 1.54) is 0 Å². The molecule has 1 aromatic heterocycles. The lowest BCUT2D eigenvalue weighted by molar-refractivity contribution is 0.102. The minimum Gasteiger partial charge on any atom is -0.324 e. The first kappa shape index (κ1) is 17.1. The van der Waals surface area contributed by atoms with Gasteiger partial charge in [0.25, 0.3) is 5.91 Å². The summed E-state index contributed by atoms with van der Waals surface area (Å²) < 4.78 is 0. The summed E-state index contributed by atoms with van der Waals surface area (Å²) in [5, 5.41) is 14.9. The van der Waals surface area contributed by atoms with E-state index in [4.69, 9.17) is 5.26 Å². The predicted molar refractivity (Wildman–Crippen MR) is 100 cm³/mol. The molecule has 0 spiro atoms. The van der Waals surface area contributed by atoms with Gasteiger partial charge in [0.2, 0.25) is 5.95 Å². The molecule has 0 unspecified atom stereocenters. The van der Waals surface area contributed by atoms with Crippen LogP contribution in [0.3, 0.4) is 0 Å². The number of aromatic nitrogens is 2. The minimum atomic E-state index is -0.307. The summed E-state index contributed by atoms with van der Waals surface area (Å²) in [7, 11) is 0. The van der Waals surface area contributed by atoms with E-state index in [1.54, 1.807) is 37.3 Å². The van der Waals surface area contributed by atoms with Gasteiger partial charge in [0.05, 0.1) is 11.6 Å². The highest BCUT2D eigenvalue weighted by Gasteiger charge is 2.12. The average Bonchev–Trinajstić information content (AvgIpc) is 2.63. The lowest BCUT2D eigenvalue weighted by Crippen LogP contribution is -2.16. The number of benzene rings is 2. The Bertz CT molecular complexity index is 1010. The van der Waals surface area contributed by atoms with Crippen molar-refractivity contribution in [2.75, 3.05) is 10.6 Å². The van der Waals surface area contributed by atoms with Gasteiger partial charge in [-0.15, -0.1) is 0 Å². The van der Waals surface area contributed by atoms with Crippen LogP contribution in [0.2, 0.25) is 0 Å². The lowest BCUT2D eigenvalue weighted by Gasteiger charge is -2.10. The maximum atomic E-state index is 12.6. The topological polar surface area (TPSA) is 90.7 Å². The van der Waals surface area contributed by atoms with E-state index in [9.17, 15) is 4.79 Å². The summed E-state index contributed by atoms with van der Waals surface area (Å²) >= 11 is 0. The van der Waals surface area contributed by atoms with Crippen LogP contribution < -0.4 is 10.6 Å². The highest BCUT2D eigenvalue weighted by atomic mass is 16.1. The number of hydrogen-bond donors (Lipinski definition) is 2. The van der Waals surface area contributed by atoms with Crippen LogP contribution in [0.15, 0.2) is 54.6 Å². The standard InChI is InChI=1S/C20H17N5O/c1-13-6-3-4-9-17(13)24-19(26)18-10-14(2)22-20(25-18)23-16-8-5-7-15(11-16)12-21/h3-11H,1-2H3,(H,24,26)(H,22,23,25). The molecule has 0 saturated carbocycles. The summed E-state index contributed by atoms with van der Waals surface area (Å²) in [5.74, 6) is -0.00588. The second kappa shape index (κ2) is 7.45. The predicted octanol–water partition coefficient (Wildman–Crippen LogP) is 3.96. The molecule has 0 bridgehead atoms. The maximum Gasteiger partial charge on any atom is 0.274 e. The average molecular weight is 343 g/mol. The number of nitrogens with one attached hydrogen (secondary N) is 2. The van der Waals surface area contributed by atoms with Gasteiger partial charge in [-0.3, -0.25) is 4.79 Å². The highest BCUT2D eigenvalue weighted by molar-refractivity contribution is 6.03. The Kier molecular flexibility index (Phi) is 4.90. The van der Waals surface area contributed by atoms with Gasteiger partial charge in [-0.2, -0.15) is 5.26 Å². The van der Waals surface area contributed by atoms with Gasteiger partial charge in [0.15, 0.2) is 0 Å². The van der Waals surface area contributed by atoms with E-state index in [1.807, 2.05) is 31.2 Å². The zero-order valence-corrected chi connectivity index (χ0v) is 14.4. The fourth-order valence-electron chi connectivity index (χ4n) is 2.44. The summed E-state index contributed by atoms with van der Waals surface area (Å²) in [5.41, 5.74) is 3.84. The molecular formula is C20H17N5O. The molecule has 6 heteroatoms. The molecule has 6 nitrogen and oxygen atoms in total. The summed E-state index contributed by atoms with van der Waals surface area (Å²) in [6.45, 7) is 3.72. The molecule has 1 amide bonds. The molecule has 0 fully saturated rings. The van der Waals surface area contributed by atoms with Crippen LogP contribution in [-0.2, 0) is 0 Å². The third kappa shape index (κ3) is 4.02. The normalized spacial score (nSPS) is 10.0. The molecule has 3 aromatic rings. The number of carbonyl (C=O) groups is 1. The highest BCUT2D eigenvalue weighted by Crippen LogP contribution is 2.17. The number of aryl methyl sites for hydroxylation is 2. The molecule has 3 rings (SSSR count). The van der Waals surface area contributed by atoms with Crippen LogP contribution in [0.5, 0.6) is 0 Å². The molecule has 0 aliphatic rings. The Morgan fingerprint density at radius 3 is 2.62 bits per heavy atom. The van der Waals surface area contributed by atoms with Crippen molar-refractivity contribution >= 4 is 23.2 Å². The number of nitrogens with zero attached hydrogens (tertiary/aromatic N) is 3. The number of carbonyl (C=O) groups excluding carboxylic acids is 1. The van der Waals surface area contributed by atoms with E-state index in [0.717, 1.165) is 11.3 Å². The Labute approximate surface area is 151 Å². The first-order valence-corrected chi connectivity index (χ1v) is 8.05. The fraction of sp³-hybridized carbons (Fsp3) is 0.100. The zero-order chi connectivity index (χ0) is 18.5. The van der Waals surface area contributed by atoms with Gasteiger partial charge in [-0.05, 0) is 49.7 Å². The van der Waals surface area contributed by atoms with Gasteiger partial charge in [0, 0.05) is 17.1 Å². The number of para-hydroxylation sites is 1. The van der Waals surface area contributed by atoms with Gasteiger partial charge in [-0.25, -0.2) is 9.97 Å². The number of nitriles is 1. The molecule has 0 atom stereocenters. The lowest BCUT2D eigenvalue weighted by atomic mass is 10.2. The van der Waals surface area contributed by atoms with Crippen molar-refractivity contribution in [1.82, 2.24) is 9.97 Å². The molecule has 128 valence electrons. The molecule has 0 aliphatic carbocycles. The molecule has 1 heterocycles. The summed E-state index contributed by atoms with van der Waals surface area (Å²) in [4.78, 5) is 21.2. The van der Waals surface area contributed by atoms with Gasteiger partial charge >= 0.3 is 0 Å². The molecule has 2 aromatic carbocycles. The van der Waals surface area contributed by atoms with Gasteiger partial charge < -0.3 is 10.6 Å². The Morgan fingerprint density at radius 1 is 1.04 bits per heavy atom. The zero-order valence-electron chi connectivity index (χ0n) is 14.4. The molecule has 2 N–H and O–H groups in total. The third-order valence-electron chi connectivity index (χ3n) is 3.73. The van der Waals surface area contributed by atoms with Crippen LogP contribution >= 0.6 is 0 Å². The number of amides is 1. The summed E-state index contributed by atoms with van der Waals surface area (Å²) in [6.07, 6.45) is 0. The van der Waals surface area contributed by atoms with Crippen molar-refractivity contribution in [3.63, 3.8) is 0 Å². The van der Waals surface area contributed by atoms with Crippen LogP contribution in [0.25, 0.3) is 0 Å². The first-order valence-electron chi connectivity index (χ1n) is 8.05. The molecule has 0 aliphatic heterocycles. The number of anilines is 3. The van der Waals surface area contributed by atoms with Crippen LogP contribution in [0.4, 0.5) is 17.3 Å². The fourth-order valence-corrected chi connectivity index (χ4v) is 2.44. The van der Waals surface area contributed by atoms with E-state index in [0.29, 0.717) is 22.9 Å². The minimum absolute atomic E-state index is 0.264. The molecule has 0 saturated heterocycles. The van der Waals surface area contributed by atoms with Crippen LogP contribution in [-0.4, -0.2) is 15.9 Å². The van der Waals surface area contributed by atoms with Crippen LogP contribution in [0.1, 0.15) is 27.3 Å². The van der Waals surface area contributed by atoms with Crippen molar-refractivity contribution < 1.29 is 4.79 Å². The van der Waals surface area contributed by atoms with Crippen molar-refractivity contribution in [3.8, 4) is 6.07 Å². The van der Waals surface area contributed by atoms with Crippen molar-refractivity contribution in [3.05, 3.63) is 77.1 Å². The van der Waals surface area contributed by atoms with Gasteiger partial charge in [0.1, 0.15) is 5.69 Å². The third-order valence-corrected chi connectivity index (χ3v) is 3.73. The van der Waals surface area contributed by atoms with E-state index >= 15 is 0 Å². The van der Waals surface area contributed by atoms with E-state index in [-0.39, 0.29) is 11.6 Å². The maximum absolute atomic E-state index is 12.6. The second-order valence-electron chi connectivity index (χ2n) is 5.80. The Hall–Kier alpha value is -3.72. The van der Waals surface area contributed by atoms with Crippen LogP contribution in [0, 0.1) is 25.2 Å². The molecule has 26 heavy (non-hydrogen) atoms.